The molecule has 0 bridgehead atoms. The number of rotatable bonds is 3. The quantitative estimate of drug-likeness (QED) is 0.690. The molecule has 0 saturated carbocycles. The molecule has 112 valence electrons. The normalized spacial score (nSPS) is 10.7. The SMILES string of the molecule is COC(=O)c1cc(C)c2nc(N(C)c3ccccc3)oc2c1. The van der Waals surface area contributed by atoms with E-state index in [1.807, 2.05) is 49.2 Å². The Morgan fingerprint density at radius 2 is 1.95 bits per heavy atom. The van der Waals surface area contributed by atoms with Gasteiger partial charge >= 0.3 is 12.0 Å². The van der Waals surface area contributed by atoms with Gasteiger partial charge in [-0.2, -0.15) is 4.98 Å². The predicted octanol–water partition coefficient (Wildman–Crippen LogP) is 3.69. The Bertz CT molecular complexity index is 825. The summed E-state index contributed by atoms with van der Waals surface area (Å²) >= 11 is 0. The summed E-state index contributed by atoms with van der Waals surface area (Å²) in [5, 5.41) is 0. The molecule has 0 amide bonds. The number of benzene rings is 2. The maximum atomic E-state index is 11.7. The van der Waals surface area contributed by atoms with Gasteiger partial charge in [-0.1, -0.05) is 18.2 Å². The number of ether oxygens (including phenoxy) is 1. The standard InChI is InChI=1S/C17H16N2O3/c1-11-9-12(16(20)21-3)10-14-15(11)18-17(22-14)19(2)13-7-5-4-6-8-13/h4-10H,1-3H3. The molecule has 22 heavy (non-hydrogen) atoms. The lowest BCUT2D eigenvalue weighted by Gasteiger charge is -2.13. The molecule has 0 unspecified atom stereocenters. The lowest BCUT2D eigenvalue weighted by atomic mass is 10.1. The van der Waals surface area contributed by atoms with E-state index >= 15 is 0 Å². The summed E-state index contributed by atoms with van der Waals surface area (Å²) in [6.07, 6.45) is 0. The van der Waals surface area contributed by atoms with E-state index in [2.05, 4.69) is 4.98 Å². The van der Waals surface area contributed by atoms with Crippen molar-refractivity contribution in [2.45, 2.75) is 6.92 Å². The molecule has 0 aliphatic heterocycles. The van der Waals surface area contributed by atoms with Crippen LogP contribution in [0.15, 0.2) is 46.9 Å². The third kappa shape index (κ3) is 2.41. The fourth-order valence-corrected chi connectivity index (χ4v) is 2.33. The molecule has 0 spiro atoms. The van der Waals surface area contributed by atoms with Crippen molar-refractivity contribution in [2.24, 2.45) is 0 Å². The van der Waals surface area contributed by atoms with Gasteiger partial charge in [0.2, 0.25) is 0 Å². The number of anilines is 2. The lowest BCUT2D eigenvalue weighted by Crippen LogP contribution is -2.09. The van der Waals surface area contributed by atoms with E-state index in [4.69, 9.17) is 9.15 Å². The molecular formula is C17H16N2O3. The lowest BCUT2D eigenvalue weighted by molar-refractivity contribution is 0.0600. The molecule has 2 aromatic carbocycles. The Balaban J connectivity index is 2.06. The average molecular weight is 296 g/mol. The van der Waals surface area contributed by atoms with Crippen molar-refractivity contribution in [3.63, 3.8) is 0 Å². The molecule has 5 heteroatoms. The van der Waals surface area contributed by atoms with Gasteiger partial charge in [-0.25, -0.2) is 4.79 Å². The van der Waals surface area contributed by atoms with Crippen molar-refractivity contribution < 1.29 is 13.9 Å². The highest BCUT2D eigenvalue weighted by Gasteiger charge is 2.16. The van der Waals surface area contributed by atoms with Gasteiger partial charge in [0.15, 0.2) is 5.58 Å². The first-order valence-electron chi connectivity index (χ1n) is 6.88. The average Bonchev–Trinajstić information content (AvgIpc) is 2.99. The molecule has 1 aromatic heterocycles. The van der Waals surface area contributed by atoms with E-state index in [-0.39, 0.29) is 5.97 Å². The smallest absolute Gasteiger partial charge is 0.337 e. The van der Waals surface area contributed by atoms with Crippen molar-refractivity contribution in [3.05, 3.63) is 53.6 Å². The summed E-state index contributed by atoms with van der Waals surface area (Å²) in [5.74, 6) is -0.389. The molecule has 5 nitrogen and oxygen atoms in total. The monoisotopic (exact) mass is 296 g/mol. The number of hydrogen-bond donors (Lipinski definition) is 0. The van der Waals surface area contributed by atoms with E-state index < -0.39 is 0 Å². The van der Waals surface area contributed by atoms with Crippen LogP contribution in [-0.4, -0.2) is 25.1 Å². The van der Waals surface area contributed by atoms with Gasteiger partial charge in [-0.05, 0) is 36.8 Å². The Kier molecular flexibility index (Phi) is 3.55. The Labute approximate surface area is 128 Å². The molecule has 0 N–H and O–H groups in total. The fraction of sp³-hybridized carbons (Fsp3) is 0.176. The van der Waals surface area contributed by atoms with Gasteiger partial charge in [0.1, 0.15) is 5.52 Å². The number of hydrogen-bond acceptors (Lipinski definition) is 5. The van der Waals surface area contributed by atoms with E-state index in [0.717, 1.165) is 16.8 Å². The minimum absolute atomic E-state index is 0.389. The number of carbonyl (C=O) groups excluding carboxylic acids is 1. The first kappa shape index (κ1) is 14.1. The molecule has 0 aliphatic carbocycles. The van der Waals surface area contributed by atoms with E-state index in [9.17, 15) is 4.79 Å². The molecule has 3 rings (SSSR count). The van der Waals surface area contributed by atoms with E-state index in [1.54, 1.807) is 12.1 Å². The van der Waals surface area contributed by atoms with Crippen LogP contribution in [0.3, 0.4) is 0 Å². The number of carbonyl (C=O) groups is 1. The summed E-state index contributed by atoms with van der Waals surface area (Å²) in [4.78, 5) is 18.1. The van der Waals surface area contributed by atoms with Crippen LogP contribution in [0.2, 0.25) is 0 Å². The maximum Gasteiger partial charge on any atom is 0.337 e. The summed E-state index contributed by atoms with van der Waals surface area (Å²) in [5.41, 5.74) is 3.61. The second kappa shape index (κ2) is 5.52. The third-order valence-electron chi connectivity index (χ3n) is 3.53. The zero-order valence-corrected chi connectivity index (χ0v) is 12.7. The van der Waals surface area contributed by atoms with Gasteiger partial charge in [-0.3, -0.25) is 4.90 Å². The van der Waals surface area contributed by atoms with Crippen LogP contribution in [0, 0.1) is 6.92 Å². The molecule has 1 heterocycles. The van der Waals surface area contributed by atoms with Crippen LogP contribution in [0.25, 0.3) is 11.1 Å². The minimum atomic E-state index is -0.389. The molecule has 0 fully saturated rings. The first-order chi connectivity index (χ1) is 10.6. The molecular weight excluding hydrogens is 280 g/mol. The van der Waals surface area contributed by atoms with Crippen LogP contribution >= 0.6 is 0 Å². The van der Waals surface area contributed by atoms with Crippen LogP contribution < -0.4 is 4.90 Å². The van der Waals surface area contributed by atoms with Gasteiger partial charge in [0.25, 0.3) is 0 Å². The van der Waals surface area contributed by atoms with Gasteiger partial charge in [0, 0.05) is 12.7 Å². The third-order valence-corrected chi connectivity index (χ3v) is 3.53. The van der Waals surface area contributed by atoms with Crippen molar-refractivity contribution >= 4 is 28.8 Å². The molecule has 0 atom stereocenters. The summed E-state index contributed by atoms with van der Waals surface area (Å²) < 4.78 is 10.6. The molecule has 0 radical (unpaired) electrons. The van der Waals surface area contributed by atoms with Crippen LogP contribution in [0.4, 0.5) is 11.7 Å². The summed E-state index contributed by atoms with van der Waals surface area (Å²) in [6, 6.07) is 13.7. The Morgan fingerprint density at radius 1 is 1.23 bits per heavy atom. The van der Waals surface area contributed by atoms with E-state index in [0.29, 0.717) is 17.2 Å². The summed E-state index contributed by atoms with van der Waals surface area (Å²) in [7, 11) is 3.24. The number of aryl methyl sites for hydroxylation is 1. The van der Waals surface area contributed by atoms with Crippen molar-refractivity contribution in [3.8, 4) is 0 Å². The number of methoxy groups -OCH3 is 1. The number of nitrogens with zero attached hydrogens (tertiary/aromatic N) is 2. The van der Waals surface area contributed by atoms with Crippen molar-refractivity contribution in [1.82, 2.24) is 4.98 Å². The minimum Gasteiger partial charge on any atom is -0.465 e. The number of oxazole rings is 1. The molecule has 0 aliphatic rings. The largest absolute Gasteiger partial charge is 0.465 e. The van der Waals surface area contributed by atoms with Crippen LogP contribution in [-0.2, 0) is 4.74 Å². The Morgan fingerprint density at radius 3 is 2.64 bits per heavy atom. The number of fused-ring (bicyclic) bond motifs is 1. The fourth-order valence-electron chi connectivity index (χ4n) is 2.33. The highest BCUT2D eigenvalue weighted by molar-refractivity contribution is 5.94. The number of aromatic nitrogens is 1. The Hall–Kier alpha value is -2.82. The zero-order chi connectivity index (χ0) is 15.7. The zero-order valence-electron chi connectivity index (χ0n) is 12.7. The van der Waals surface area contributed by atoms with Crippen molar-refractivity contribution in [2.75, 3.05) is 19.1 Å². The molecule has 0 saturated heterocycles. The highest BCUT2D eigenvalue weighted by Crippen LogP contribution is 2.29. The molecule has 3 aromatic rings. The summed E-state index contributed by atoms with van der Waals surface area (Å²) in [6.45, 7) is 1.89. The van der Waals surface area contributed by atoms with Gasteiger partial charge in [-0.15, -0.1) is 0 Å². The van der Waals surface area contributed by atoms with E-state index in [1.165, 1.54) is 7.11 Å². The topological polar surface area (TPSA) is 55.6 Å². The second-order valence-corrected chi connectivity index (χ2v) is 5.02. The van der Waals surface area contributed by atoms with Crippen LogP contribution in [0.1, 0.15) is 15.9 Å². The number of esters is 1. The maximum absolute atomic E-state index is 11.7. The number of para-hydroxylation sites is 1. The predicted molar refractivity (Wildman–Crippen MR) is 84.6 cm³/mol. The van der Waals surface area contributed by atoms with Crippen molar-refractivity contribution in [1.29, 1.82) is 0 Å². The van der Waals surface area contributed by atoms with Crippen LogP contribution in [0.5, 0.6) is 0 Å². The first-order valence-corrected chi connectivity index (χ1v) is 6.88. The highest BCUT2D eigenvalue weighted by atomic mass is 16.5. The second-order valence-electron chi connectivity index (χ2n) is 5.02. The van der Waals surface area contributed by atoms with Gasteiger partial charge in [0.05, 0.1) is 12.7 Å². The van der Waals surface area contributed by atoms with Gasteiger partial charge < -0.3 is 9.15 Å².